The van der Waals surface area contributed by atoms with Crippen LogP contribution >= 0.6 is 0 Å². The van der Waals surface area contributed by atoms with Crippen molar-refractivity contribution < 1.29 is 13.9 Å². The molecule has 0 aliphatic carbocycles. The molecule has 1 atom stereocenters. The summed E-state index contributed by atoms with van der Waals surface area (Å²) in [5, 5.41) is 10.9. The zero-order valence-electron chi connectivity index (χ0n) is 15.8. The van der Waals surface area contributed by atoms with Crippen LogP contribution < -0.4 is 0 Å². The molecule has 0 saturated carbocycles. The Kier molecular flexibility index (Phi) is 5.85. The summed E-state index contributed by atoms with van der Waals surface area (Å²) in [6.45, 7) is 1.96. The van der Waals surface area contributed by atoms with Gasteiger partial charge in [0.1, 0.15) is 18.2 Å². The molecule has 1 aliphatic rings. The molecule has 9 heteroatoms. The first kappa shape index (κ1) is 19.1. The number of aromatic nitrogens is 5. The highest BCUT2D eigenvalue weighted by Gasteiger charge is 2.26. The highest BCUT2D eigenvalue weighted by Crippen LogP contribution is 2.22. The van der Waals surface area contributed by atoms with E-state index in [4.69, 9.17) is 4.74 Å². The van der Waals surface area contributed by atoms with E-state index in [-0.39, 0.29) is 17.8 Å². The quantitative estimate of drug-likeness (QED) is 0.631. The number of morpholine rings is 1. The summed E-state index contributed by atoms with van der Waals surface area (Å²) < 4.78 is 20.4. The van der Waals surface area contributed by atoms with Gasteiger partial charge in [-0.05, 0) is 46.2 Å². The van der Waals surface area contributed by atoms with Gasteiger partial charge in [0.25, 0.3) is 0 Å². The van der Waals surface area contributed by atoms with Crippen LogP contribution in [0.15, 0.2) is 48.9 Å². The van der Waals surface area contributed by atoms with Gasteiger partial charge in [0.15, 0.2) is 0 Å². The molecule has 8 nitrogen and oxygen atoms in total. The fraction of sp³-hybridized carbons (Fsp3) is 0.350. The van der Waals surface area contributed by atoms with Gasteiger partial charge in [0.05, 0.1) is 25.4 Å². The summed E-state index contributed by atoms with van der Waals surface area (Å²) >= 11 is 0. The summed E-state index contributed by atoms with van der Waals surface area (Å²) in [7, 11) is 0. The minimum atomic E-state index is -0.249. The molecule has 29 heavy (non-hydrogen) atoms. The lowest BCUT2D eigenvalue weighted by molar-refractivity contribution is -0.139. The van der Waals surface area contributed by atoms with Crippen LogP contribution in [0, 0.1) is 5.82 Å². The third-order valence-corrected chi connectivity index (χ3v) is 4.86. The number of ether oxygens (including phenoxy) is 1. The van der Waals surface area contributed by atoms with Gasteiger partial charge in [-0.3, -0.25) is 9.78 Å². The summed E-state index contributed by atoms with van der Waals surface area (Å²) in [4.78, 5) is 18.8. The summed E-state index contributed by atoms with van der Waals surface area (Å²) in [5.41, 5.74) is 2.85. The average Bonchev–Trinajstić information content (AvgIpc) is 3.28. The van der Waals surface area contributed by atoms with E-state index in [1.807, 2.05) is 12.1 Å². The molecule has 150 valence electrons. The third kappa shape index (κ3) is 5.00. The van der Waals surface area contributed by atoms with E-state index in [1.54, 1.807) is 23.2 Å². The van der Waals surface area contributed by atoms with E-state index in [9.17, 15) is 9.18 Å². The van der Waals surface area contributed by atoms with Gasteiger partial charge in [0, 0.05) is 19.2 Å². The number of tetrazole rings is 1. The zero-order chi connectivity index (χ0) is 20.1. The maximum Gasteiger partial charge on any atom is 0.224 e. The fourth-order valence-electron chi connectivity index (χ4n) is 3.27. The largest absolute Gasteiger partial charge is 0.368 e. The molecule has 1 aromatic carbocycles. The molecule has 0 bridgehead atoms. The monoisotopic (exact) mass is 396 g/mol. The summed E-state index contributed by atoms with van der Waals surface area (Å²) in [6.07, 6.45) is 4.07. The Morgan fingerprint density at radius 1 is 1.17 bits per heavy atom. The van der Waals surface area contributed by atoms with Crippen LogP contribution in [0.3, 0.4) is 0 Å². The lowest BCUT2D eigenvalue weighted by Gasteiger charge is -2.32. The number of hydrogen-bond donors (Lipinski definition) is 0. The van der Waals surface area contributed by atoms with Gasteiger partial charge in [-0.15, -0.1) is 5.10 Å². The first-order chi connectivity index (χ1) is 14.2. The number of halogens is 1. The van der Waals surface area contributed by atoms with E-state index < -0.39 is 0 Å². The number of pyridine rings is 1. The molecule has 1 fully saturated rings. The highest BCUT2D eigenvalue weighted by atomic mass is 19.1. The van der Waals surface area contributed by atoms with Gasteiger partial charge < -0.3 is 9.64 Å². The van der Waals surface area contributed by atoms with Crippen molar-refractivity contribution in [2.24, 2.45) is 0 Å². The smallest absolute Gasteiger partial charge is 0.224 e. The predicted molar refractivity (Wildman–Crippen MR) is 101 cm³/mol. The third-order valence-electron chi connectivity index (χ3n) is 4.86. The molecule has 4 rings (SSSR count). The Hall–Kier alpha value is -3.20. The molecule has 0 N–H and O–H groups in total. The van der Waals surface area contributed by atoms with Crippen molar-refractivity contribution in [3.8, 4) is 0 Å². The number of carbonyl (C=O) groups is 1. The maximum atomic E-state index is 13.0. The van der Waals surface area contributed by atoms with Crippen LogP contribution in [0.4, 0.5) is 4.39 Å². The van der Waals surface area contributed by atoms with Crippen molar-refractivity contribution in [2.75, 3.05) is 19.7 Å². The van der Waals surface area contributed by atoms with Gasteiger partial charge in [-0.25, -0.2) is 9.07 Å². The molecule has 1 saturated heterocycles. The minimum Gasteiger partial charge on any atom is -0.368 e. The average molecular weight is 396 g/mol. The summed E-state index contributed by atoms with van der Waals surface area (Å²) in [6, 6.07) is 10.4. The van der Waals surface area contributed by atoms with Crippen molar-refractivity contribution in [1.29, 1.82) is 0 Å². The van der Waals surface area contributed by atoms with E-state index in [0.717, 1.165) is 16.8 Å². The minimum absolute atomic E-state index is 0.0433. The topological polar surface area (TPSA) is 86.0 Å². The van der Waals surface area contributed by atoms with Crippen molar-refractivity contribution in [1.82, 2.24) is 30.1 Å². The molecular weight excluding hydrogens is 375 g/mol. The van der Waals surface area contributed by atoms with Crippen molar-refractivity contribution in [3.05, 3.63) is 71.6 Å². The number of hydrogen-bond acceptors (Lipinski definition) is 6. The Morgan fingerprint density at radius 3 is 2.72 bits per heavy atom. The molecule has 0 spiro atoms. The van der Waals surface area contributed by atoms with Crippen molar-refractivity contribution >= 4 is 5.91 Å². The van der Waals surface area contributed by atoms with Gasteiger partial charge in [0.2, 0.25) is 5.91 Å². The van der Waals surface area contributed by atoms with E-state index in [1.165, 1.54) is 23.1 Å². The molecule has 1 unspecified atom stereocenters. The molecular formula is C20H21FN6O2. The highest BCUT2D eigenvalue weighted by molar-refractivity contribution is 5.76. The molecule has 1 aliphatic heterocycles. The molecule has 2 aromatic heterocycles. The van der Waals surface area contributed by atoms with E-state index >= 15 is 0 Å². The van der Waals surface area contributed by atoms with E-state index in [0.29, 0.717) is 39.1 Å². The number of rotatable bonds is 6. The predicted octanol–water partition coefficient (Wildman–Crippen LogP) is 1.79. The molecule has 1 amide bonds. The maximum absolute atomic E-state index is 13.0. The standard InChI is InChI=1S/C20H21FN6O2/c21-17-4-1-15(2-5-17)11-16-3-6-18(22-12-16)19-13-26(9-10-29-19)20(28)7-8-27-14-23-24-25-27/h1-6,12,14,19H,7-11,13H2. The van der Waals surface area contributed by atoms with Crippen LogP contribution in [-0.2, 0) is 22.5 Å². The SMILES string of the molecule is O=C(CCn1cnnn1)N1CCOC(c2ccc(Cc3ccc(F)cc3)cn2)C1. The fourth-order valence-corrected chi connectivity index (χ4v) is 3.27. The number of nitrogens with zero attached hydrogens (tertiary/aromatic N) is 6. The number of aryl methyl sites for hydroxylation is 1. The zero-order valence-corrected chi connectivity index (χ0v) is 15.8. The molecule has 3 aromatic rings. The van der Waals surface area contributed by atoms with Crippen LogP contribution in [0.25, 0.3) is 0 Å². The van der Waals surface area contributed by atoms with E-state index in [2.05, 4.69) is 20.5 Å². The first-order valence-electron chi connectivity index (χ1n) is 9.47. The van der Waals surface area contributed by atoms with Crippen molar-refractivity contribution in [3.63, 3.8) is 0 Å². The lowest BCUT2D eigenvalue weighted by atomic mass is 10.1. The number of amides is 1. The van der Waals surface area contributed by atoms with Crippen LogP contribution in [0.1, 0.15) is 29.3 Å². The second-order valence-corrected chi connectivity index (χ2v) is 6.92. The Bertz CT molecular complexity index is 931. The van der Waals surface area contributed by atoms with Crippen LogP contribution in [0.2, 0.25) is 0 Å². The number of benzene rings is 1. The number of carbonyl (C=O) groups excluding carboxylic acids is 1. The lowest BCUT2D eigenvalue weighted by Crippen LogP contribution is -2.42. The summed E-state index contributed by atoms with van der Waals surface area (Å²) in [5.74, 6) is -0.199. The van der Waals surface area contributed by atoms with Gasteiger partial charge in [-0.2, -0.15) is 0 Å². The second kappa shape index (κ2) is 8.87. The normalized spacial score (nSPS) is 16.7. The van der Waals surface area contributed by atoms with Crippen LogP contribution in [-0.4, -0.2) is 55.7 Å². The second-order valence-electron chi connectivity index (χ2n) is 6.92. The Morgan fingerprint density at radius 2 is 2.00 bits per heavy atom. The van der Waals surface area contributed by atoms with Gasteiger partial charge >= 0.3 is 0 Å². The van der Waals surface area contributed by atoms with Crippen molar-refractivity contribution in [2.45, 2.75) is 25.5 Å². The molecule has 3 heterocycles. The Labute approximate surface area is 167 Å². The van der Waals surface area contributed by atoms with Crippen LogP contribution in [0.5, 0.6) is 0 Å². The Balaban J connectivity index is 1.34. The van der Waals surface area contributed by atoms with Gasteiger partial charge in [-0.1, -0.05) is 18.2 Å². The first-order valence-corrected chi connectivity index (χ1v) is 9.47. The molecule has 0 radical (unpaired) electrons.